The van der Waals surface area contributed by atoms with Gasteiger partial charge in [0.2, 0.25) is 0 Å². The maximum atomic E-state index is 11.6. The molecule has 0 aromatic rings. The molecule has 0 bridgehead atoms. The Morgan fingerprint density at radius 3 is 2.54 bits per heavy atom. The van der Waals surface area contributed by atoms with E-state index < -0.39 is 0 Å². The summed E-state index contributed by atoms with van der Waals surface area (Å²) in [5.74, 6) is 0.638. The maximum Gasteiger partial charge on any atom is 0.149 e. The molecular formula is C11H21NO. The van der Waals surface area contributed by atoms with Crippen LogP contribution in [0.1, 0.15) is 39.5 Å². The third-order valence-electron chi connectivity index (χ3n) is 3.27. The quantitative estimate of drug-likeness (QED) is 0.650. The summed E-state index contributed by atoms with van der Waals surface area (Å²) >= 11 is 0. The van der Waals surface area contributed by atoms with E-state index in [4.69, 9.17) is 0 Å². The van der Waals surface area contributed by atoms with Crippen LogP contribution in [0.15, 0.2) is 0 Å². The molecule has 13 heavy (non-hydrogen) atoms. The molecule has 0 spiro atoms. The topological polar surface area (TPSA) is 20.3 Å². The van der Waals surface area contributed by atoms with Crippen LogP contribution in [0.2, 0.25) is 0 Å². The highest BCUT2D eigenvalue weighted by Gasteiger charge is 2.24. The van der Waals surface area contributed by atoms with Gasteiger partial charge in [0.15, 0.2) is 0 Å². The van der Waals surface area contributed by atoms with Gasteiger partial charge in [0, 0.05) is 12.0 Å². The Balaban J connectivity index is 2.26. The Hall–Kier alpha value is -0.370. The van der Waals surface area contributed by atoms with Crippen LogP contribution in [0.3, 0.4) is 0 Å². The number of nitrogens with zero attached hydrogens (tertiary/aromatic N) is 1. The van der Waals surface area contributed by atoms with Crippen molar-refractivity contribution in [3.05, 3.63) is 0 Å². The first-order chi connectivity index (χ1) is 6.15. The van der Waals surface area contributed by atoms with E-state index in [0.717, 1.165) is 6.42 Å². The van der Waals surface area contributed by atoms with Gasteiger partial charge in [-0.2, -0.15) is 0 Å². The van der Waals surface area contributed by atoms with Crippen LogP contribution in [0.5, 0.6) is 0 Å². The maximum absolute atomic E-state index is 11.6. The van der Waals surface area contributed by atoms with Gasteiger partial charge in [-0.25, -0.2) is 0 Å². The molecule has 1 fully saturated rings. The Labute approximate surface area is 81.3 Å². The second-order valence-electron chi connectivity index (χ2n) is 4.28. The van der Waals surface area contributed by atoms with E-state index in [0.29, 0.717) is 18.4 Å². The second-order valence-corrected chi connectivity index (χ2v) is 4.28. The molecule has 0 radical (unpaired) electrons. The molecule has 1 aliphatic rings. The van der Waals surface area contributed by atoms with Crippen molar-refractivity contribution in [1.29, 1.82) is 0 Å². The summed E-state index contributed by atoms with van der Waals surface area (Å²) in [5.41, 5.74) is 0. The number of Topliss-reactive ketones (excluding diaryl/α,β-unsaturated/α-hetero) is 1. The zero-order valence-electron chi connectivity index (χ0n) is 9.05. The molecule has 0 heterocycles. The number of hydrogen-bond donors (Lipinski definition) is 0. The molecule has 1 unspecified atom stereocenters. The molecule has 1 aliphatic carbocycles. The first kappa shape index (κ1) is 10.7. The SMILES string of the molecule is CCC(C)C(=O)CN(C)C1CCC1. The van der Waals surface area contributed by atoms with Crippen molar-refractivity contribution in [2.24, 2.45) is 5.92 Å². The van der Waals surface area contributed by atoms with Gasteiger partial charge in [0.05, 0.1) is 6.54 Å². The highest BCUT2D eigenvalue weighted by Crippen LogP contribution is 2.23. The lowest BCUT2D eigenvalue weighted by atomic mass is 9.91. The minimum Gasteiger partial charge on any atom is -0.298 e. The summed E-state index contributed by atoms with van der Waals surface area (Å²) in [6.07, 6.45) is 4.87. The van der Waals surface area contributed by atoms with E-state index in [1.807, 2.05) is 6.92 Å². The summed E-state index contributed by atoms with van der Waals surface area (Å²) in [6, 6.07) is 0.688. The fraction of sp³-hybridized carbons (Fsp3) is 0.909. The number of carbonyl (C=O) groups excluding carboxylic acids is 1. The summed E-state index contributed by atoms with van der Waals surface area (Å²) in [4.78, 5) is 13.8. The van der Waals surface area contributed by atoms with Gasteiger partial charge in [0.25, 0.3) is 0 Å². The van der Waals surface area contributed by atoms with Crippen molar-refractivity contribution in [2.45, 2.75) is 45.6 Å². The van der Waals surface area contributed by atoms with Gasteiger partial charge in [-0.1, -0.05) is 20.3 Å². The summed E-state index contributed by atoms with van der Waals surface area (Å²) in [6.45, 7) is 4.75. The van der Waals surface area contributed by atoms with Gasteiger partial charge >= 0.3 is 0 Å². The summed E-state index contributed by atoms with van der Waals surface area (Å²) in [7, 11) is 2.07. The highest BCUT2D eigenvalue weighted by molar-refractivity contribution is 5.82. The van der Waals surface area contributed by atoms with Crippen LogP contribution in [0, 0.1) is 5.92 Å². The number of likely N-dealkylation sites (N-methyl/N-ethyl adjacent to an activating group) is 1. The molecule has 1 atom stereocenters. The molecule has 76 valence electrons. The molecule has 1 rings (SSSR count). The third kappa shape index (κ3) is 2.80. The molecule has 0 amide bonds. The van der Waals surface area contributed by atoms with Gasteiger partial charge in [0.1, 0.15) is 5.78 Å². The molecule has 0 N–H and O–H groups in total. The lowest BCUT2D eigenvalue weighted by molar-refractivity contribution is -0.124. The van der Waals surface area contributed by atoms with Crippen molar-refractivity contribution >= 4 is 5.78 Å². The van der Waals surface area contributed by atoms with Crippen LogP contribution in [-0.4, -0.2) is 30.3 Å². The summed E-state index contributed by atoms with van der Waals surface area (Å²) in [5, 5.41) is 0. The van der Waals surface area contributed by atoms with Crippen LogP contribution < -0.4 is 0 Å². The molecule has 2 nitrogen and oxygen atoms in total. The zero-order valence-corrected chi connectivity index (χ0v) is 9.05. The lowest BCUT2D eigenvalue weighted by Crippen LogP contribution is -2.41. The number of carbonyl (C=O) groups is 1. The number of rotatable bonds is 5. The zero-order chi connectivity index (χ0) is 9.84. The van der Waals surface area contributed by atoms with Gasteiger partial charge in [-0.05, 0) is 26.3 Å². The van der Waals surface area contributed by atoms with Crippen molar-refractivity contribution < 1.29 is 4.79 Å². The van der Waals surface area contributed by atoms with E-state index in [9.17, 15) is 4.79 Å². The predicted molar refractivity (Wildman–Crippen MR) is 54.7 cm³/mol. The Bertz CT molecular complexity index is 175. The minimum atomic E-state index is 0.238. The second kappa shape index (κ2) is 4.75. The first-order valence-electron chi connectivity index (χ1n) is 5.38. The average molecular weight is 183 g/mol. The summed E-state index contributed by atoms with van der Waals surface area (Å²) < 4.78 is 0. The minimum absolute atomic E-state index is 0.238. The molecule has 0 saturated heterocycles. The molecule has 2 heteroatoms. The number of hydrogen-bond acceptors (Lipinski definition) is 2. The molecule has 0 aromatic carbocycles. The first-order valence-corrected chi connectivity index (χ1v) is 5.38. The lowest BCUT2D eigenvalue weighted by Gasteiger charge is -2.34. The Kier molecular flexibility index (Phi) is 3.91. The molecule has 0 aliphatic heterocycles. The van der Waals surface area contributed by atoms with Gasteiger partial charge in [-0.3, -0.25) is 9.69 Å². The van der Waals surface area contributed by atoms with E-state index >= 15 is 0 Å². The monoisotopic (exact) mass is 183 g/mol. The largest absolute Gasteiger partial charge is 0.298 e. The van der Waals surface area contributed by atoms with E-state index in [1.54, 1.807) is 0 Å². The van der Waals surface area contributed by atoms with E-state index in [1.165, 1.54) is 19.3 Å². The smallest absolute Gasteiger partial charge is 0.149 e. The van der Waals surface area contributed by atoms with Crippen LogP contribution in [0.25, 0.3) is 0 Å². The fourth-order valence-electron chi connectivity index (χ4n) is 1.59. The average Bonchev–Trinajstić information content (AvgIpc) is 1.99. The van der Waals surface area contributed by atoms with E-state index in [2.05, 4.69) is 18.9 Å². The molecule has 0 aromatic heterocycles. The van der Waals surface area contributed by atoms with Crippen molar-refractivity contribution in [1.82, 2.24) is 4.90 Å². The Morgan fingerprint density at radius 1 is 1.54 bits per heavy atom. The van der Waals surface area contributed by atoms with Crippen LogP contribution in [0.4, 0.5) is 0 Å². The van der Waals surface area contributed by atoms with Crippen LogP contribution >= 0.6 is 0 Å². The Morgan fingerprint density at radius 2 is 2.15 bits per heavy atom. The molecular weight excluding hydrogens is 162 g/mol. The number of ketones is 1. The molecule has 1 saturated carbocycles. The van der Waals surface area contributed by atoms with E-state index in [-0.39, 0.29) is 5.92 Å². The predicted octanol–water partition coefficient (Wildman–Crippen LogP) is 2.09. The van der Waals surface area contributed by atoms with Crippen molar-refractivity contribution in [3.63, 3.8) is 0 Å². The van der Waals surface area contributed by atoms with Gasteiger partial charge in [-0.15, -0.1) is 0 Å². The van der Waals surface area contributed by atoms with Gasteiger partial charge < -0.3 is 0 Å². The van der Waals surface area contributed by atoms with Crippen LogP contribution in [-0.2, 0) is 4.79 Å². The van der Waals surface area contributed by atoms with Crippen molar-refractivity contribution in [3.8, 4) is 0 Å². The fourth-order valence-corrected chi connectivity index (χ4v) is 1.59. The van der Waals surface area contributed by atoms with Crippen molar-refractivity contribution in [2.75, 3.05) is 13.6 Å². The third-order valence-corrected chi connectivity index (χ3v) is 3.27. The standard InChI is InChI=1S/C11H21NO/c1-4-9(2)11(13)8-12(3)10-6-5-7-10/h9-10H,4-8H2,1-3H3. The highest BCUT2D eigenvalue weighted by atomic mass is 16.1. The normalized spacial score (nSPS) is 20.0.